The first-order chi connectivity index (χ1) is 4.56. The summed E-state index contributed by atoms with van der Waals surface area (Å²) in [6.45, 7) is 0.698. The number of carbonyl (C=O) groups is 1. The zero-order chi connectivity index (χ0) is 7.78. The number of rotatable bonds is 1. The van der Waals surface area contributed by atoms with E-state index in [1.54, 1.807) is 0 Å². The minimum Gasteiger partial charge on any atom is -0.387 e. The maximum atomic E-state index is 10.4. The molecule has 0 bridgehead atoms. The smallest absolute Gasteiger partial charge is 0.177 e. The van der Waals surface area contributed by atoms with Crippen molar-refractivity contribution in [2.75, 3.05) is 20.6 Å². The van der Waals surface area contributed by atoms with Crippen LogP contribution in [0.3, 0.4) is 0 Å². The van der Waals surface area contributed by atoms with Gasteiger partial charge in [-0.3, -0.25) is 4.79 Å². The van der Waals surface area contributed by atoms with Crippen LogP contribution in [0.4, 0.5) is 0 Å². The van der Waals surface area contributed by atoms with Crippen molar-refractivity contribution >= 4 is 6.29 Å². The molecule has 1 N–H and O–H groups in total. The number of likely N-dealkylation sites (tertiary alicyclic amines) is 1. The van der Waals surface area contributed by atoms with Crippen LogP contribution < -0.4 is 0 Å². The SMILES string of the molecule is C[N+]1(C)C[C@@H](O)C[C@H]1C=O. The molecule has 1 heterocycles. The van der Waals surface area contributed by atoms with Crippen molar-refractivity contribution in [2.24, 2.45) is 0 Å². The Morgan fingerprint density at radius 1 is 1.60 bits per heavy atom. The predicted molar refractivity (Wildman–Crippen MR) is 37.5 cm³/mol. The molecule has 1 aliphatic rings. The predicted octanol–water partition coefficient (Wildman–Crippen LogP) is -0.605. The van der Waals surface area contributed by atoms with Crippen LogP contribution in [-0.4, -0.2) is 48.7 Å². The van der Waals surface area contributed by atoms with Crippen LogP contribution in [0, 0.1) is 0 Å². The molecule has 1 saturated heterocycles. The third-order valence-corrected chi connectivity index (χ3v) is 2.25. The van der Waals surface area contributed by atoms with Gasteiger partial charge in [-0.15, -0.1) is 0 Å². The lowest BCUT2D eigenvalue weighted by molar-refractivity contribution is -0.893. The Hall–Kier alpha value is -0.410. The van der Waals surface area contributed by atoms with Gasteiger partial charge in [-0.1, -0.05) is 0 Å². The number of aliphatic hydroxyl groups excluding tert-OH is 1. The number of aliphatic hydroxyl groups is 1. The van der Waals surface area contributed by atoms with Gasteiger partial charge in [0.05, 0.1) is 14.1 Å². The van der Waals surface area contributed by atoms with E-state index in [1.165, 1.54) is 0 Å². The third kappa shape index (κ3) is 1.20. The van der Waals surface area contributed by atoms with E-state index in [0.717, 1.165) is 6.29 Å². The molecule has 0 amide bonds. The highest BCUT2D eigenvalue weighted by Gasteiger charge is 2.39. The number of hydrogen-bond acceptors (Lipinski definition) is 2. The summed E-state index contributed by atoms with van der Waals surface area (Å²) in [5, 5.41) is 9.19. The van der Waals surface area contributed by atoms with Crippen LogP contribution in [0.1, 0.15) is 6.42 Å². The Morgan fingerprint density at radius 3 is 2.40 bits per heavy atom. The number of quaternary nitrogens is 1. The highest BCUT2D eigenvalue weighted by atomic mass is 16.3. The maximum absolute atomic E-state index is 10.4. The van der Waals surface area contributed by atoms with E-state index in [2.05, 4.69) is 0 Å². The number of carbonyl (C=O) groups excluding carboxylic acids is 1. The number of likely N-dealkylation sites (N-methyl/N-ethyl adjacent to an activating group) is 1. The number of aldehydes is 1. The lowest BCUT2D eigenvalue weighted by atomic mass is 10.2. The fraction of sp³-hybridized carbons (Fsp3) is 0.857. The van der Waals surface area contributed by atoms with Gasteiger partial charge >= 0.3 is 0 Å². The van der Waals surface area contributed by atoms with Crippen LogP contribution >= 0.6 is 0 Å². The van der Waals surface area contributed by atoms with Crippen LogP contribution in [0.5, 0.6) is 0 Å². The number of nitrogens with zero attached hydrogens (tertiary/aromatic N) is 1. The van der Waals surface area contributed by atoms with E-state index in [-0.39, 0.29) is 12.1 Å². The molecule has 0 aromatic carbocycles. The van der Waals surface area contributed by atoms with Gasteiger partial charge in [0.1, 0.15) is 18.7 Å². The largest absolute Gasteiger partial charge is 0.387 e. The molecule has 1 rings (SSSR count). The highest BCUT2D eigenvalue weighted by Crippen LogP contribution is 2.20. The van der Waals surface area contributed by atoms with Crippen molar-refractivity contribution in [1.29, 1.82) is 0 Å². The molecule has 3 nitrogen and oxygen atoms in total. The van der Waals surface area contributed by atoms with Crippen LogP contribution in [0.15, 0.2) is 0 Å². The molecular formula is C7H14NO2+. The van der Waals surface area contributed by atoms with E-state index in [1.807, 2.05) is 14.1 Å². The molecule has 1 aliphatic heterocycles. The van der Waals surface area contributed by atoms with E-state index >= 15 is 0 Å². The van der Waals surface area contributed by atoms with E-state index in [0.29, 0.717) is 17.4 Å². The topological polar surface area (TPSA) is 37.3 Å². The number of hydrogen-bond donors (Lipinski definition) is 1. The Kier molecular flexibility index (Phi) is 1.79. The standard InChI is InChI=1S/C7H14NO2/c1-8(2)4-7(10)3-6(8)5-9/h5-7,10H,3-4H2,1-2H3/q+1/t6-,7-/m0/s1. The van der Waals surface area contributed by atoms with Crippen molar-refractivity contribution < 1.29 is 14.4 Å². The monoisotopic (exact) mass is 144 g/mol. The molecule has 0 aromatic rings. The van der Waals surface area contributed by atoms with Crippen molar-refractivity contribution in [1.82, 2.24) is 0 Å². The molecule has 3 heteroatoms. The molecule has 1 fully saturated rings. The molecule has 10 heavy (non-hydrogen) atoms. The van der Waals surface area contributed by atoms with E-state index in [4.69, 9.17) is 0 Å². The second-order valence-electron chi connectivity index (χ2n) is 3.55. The van der Waals surface area contributed by atoms with E-state index in [9.17, 15) is 9.90 Å². The quantitative estimate of drug-likeness (QED) is 0.394. The summed E-state index contributed by atoms with van der Waals surface area (Å²) in [6, 6.07) is -0.00463. The first-order valence-corrected chi connectivity index (χ1v) is 3.52. The zero-order valence-electron chi connectivity index (χ0n) is 6.45. The molecule has 58 valence electrons. The summed E-state index contributed by atoms with van der Waals surface area (Å²) in [5.74, 6) is 0. The summed E-state index contributed by atoms with van der Waals surface area (Å²) in [5.41, 5.74) is 0. The highest BCUT2D eigenvalue weighted by molar-refractivity contribution is 5.56. The molecule has 0 saturated carbocycles. The van der Waals surface area contributed by atoms with Crippen LogP contribution in [0.2, 0.25) is 0 Å². The zero-order valence-corrected chi connectivity index (χ0v) is 6.45. The second-order valence-corrected chi connectivity index (χ2v) is 3.55. The Labute approximate surface area is 60.8 Å². The summed E-state index contributed by atoms with van der Waals surface area (Å²) >= 11 is 0. The van der Waals surface area contributed by atoms with Gasteiger partial charge in [-0.2, -0.15) is 0 Å². The molecule has 0 radical (unpaired) electrons. The van der Waals surface area contributed by atoms with Gasteiger partial charge < -0.3 is 9.59 Å². The fourth-order valence-corrected chi connectivity index (χ4v) is 1.54. The second kappa shape index (κ2) is 2.32. The van der Waals surface area contributed by atoms with Crippen LogP contribution in [0.25, 0.3) is 0 Å². The van der Waals surface area contributed by atoms with Crippen molar-refractivity contribution in [2.45, 2.75) is 18.6 Å². The minimum absolute atomic E-state index is 0.00463. The first-order valence-electron chi connectivity index (χ1n) is 3.52. The average Bonchev–Trinajstić information content (AvgIpc) is 2.04. The van der Waals surface area contributed by atoms with E-state index < -0.39 is 0 Å². The third-order valence-electron chi connectivity index (χ3n) is 2.25. The van der Waals surface area contributed by atoms with Crippen molar-refractivity contribution in [3.05, 3.63) is 0 Å². The molecule has 0 aliphatic carbocycles. The summed E-state index contributed by atoms with van der Waals surface area (Å²) in [4.78, 5) is 10.4. The average molecular weight is 144 g/mol. The van der Waals surface area contributed by atoms with Crippen molar-refractivity contribution in [3.63, 3.8) is 0 Å². The molecular weight excluding hydrogens is 130 g/mol. The lowest BCUT2D eigenvalue weighted by Gasteiger charge is -2.27. The first kappa shape index (κ1) is 7.69. The van der Waals surface area contributed by atoms with Gasteiger partial charge in [0, 0.05) is 6.42 Å². The molecule has 0 unspecified atom stereocenters. The van der Waals surface area contributed by atoms with Crippen LogP contribution in [-0.2, 0) is 4.79 Å². The lowest BCUT2D eigenvalue weighted by Crippen LogP contribution is -2.45. The molecule has 2 atom stereocenters. The van der Waals surface area contributed by atoms with Gasteiger partial charge in [-0.25, -0.2) is 0 Å². The normalized spacial score (nSPS) is 37.9. The summed E-state index contributed by atoms with van der Waals surface area (Å²) in [6.07, 6.45) is 1.28. The van der Waals surface area contributed by atoms with Gasteiger partial charge in [0.25, 0.3) is 0 Å². The Bertz CT molecular complexity index is 145. The summed E-state index contributed by atoms with van der Waals surface area (Å²) < 4.78 is 0.630. The Morgan fingerprint density at radius 2 is 2.20 bits per heavy atom. The molecule has 0 aromatic heterocycles. The molecule has 0 spiro atoms. The van der Waals surface area contributed by atoms with Crippen molar-refractivity contribution in [3.8, 4) is 0 Å². The minimum atomic E-state index is -0.287. The Balaban J connectivity index is 2.67. The van der Waals surface area contributed by atoms with Gasteiger partial charge in [0.2, 0.25) is 0 Å². The summed E-state index contributed by atoms with van der Waals surface area (Å²) in [7, 11) is 3.94. The van der Waals surface area contributed by atoms with Gasteiger partial charge in [0.15, 0.2) is 6.29 Å². The fourth-order valence-electron chi connectivity index (χ4n) is 1.54. The maximum Gasteiger partial charge on any atom is 0.177 e. The van der Waals surface area contributed by atoms with Gasteiger partial charge in [-0.05, 0) is 0 Å².